The van der Waals surface area contributed by atoms with Gasteiger partial charge in [0.25, 0.3) is 5.91 Å². The van der Waals surface area contributed by atoms with Crippen LogP contribution in [0.25, 0.3) is 0 Å². The van der Waals surface area contributed by atoms with Gasteiger partial charge in [-0.15, -0.1) is 0 Å². The van der Waals surface area contributed by atoms with Crippen LogP contribution in [0.2, 0.25) is 0 Å². The van der Waals surface area contributed by atoms with E-state index in [-0.39, 0.29) is 17.8 Å². The van der Waals surface area contributed by atoms with Crippen molar-refractivity contribution in [2.75, 3.05) is 13.2 Å². The maximum atomic E-state index is 12.5. The van der Waals surface area contributed by atoms with Gasteiger partial charge in [-0.1, -0.05) is 0 Å². The Morgan fingerprint density at radius 2 is 2.19 bits per heavy atom. The second-order valence-electron chi connectivity index (χ2n) is 5.04. The number of rotatable bonds is 5. The predicted octanol–water partition coefficient (Wildman–Crippen LogP) is 1.89. The smallest absolute Gasteiger partial charge is 0.291 e. The topological polar surface area (TPSA) is 68.5 Å². The quantitative estimate of drug-likeness (QED) is 0.840. The van der Waals surface area contributed by atoms with Crippen molar-refractivity contribution in [2.24, 2.45) is 0 Å². The molecule has 3 rings (SSSR count). The molecule has 1 amide bonds. The van der Waals surface area contributed by atoms with Gasteiger partial charge in [0.2, 0.25) is 5.76 Å². The van der Waals surface area contributed by atoms with Gasteiger partial charge in [0.15, 0.2) is 6.39 Å². The average molecular weight is 287 g/mol. The minimum absolute atomic E-state index is 0.0960. The summed E-state index contributed by atoms with van der Waals surface area (Å²) in [4.78, 5) is 22.1. The summed E-state index contributed by atoms with van der Waals surface area (Å²) in [7, 11) is 0. The number of hydrogen-bond donors (Lipinski definition) is 0. The third kappa shape index (κ3) is 3.46. The fourth-order valence-electron chi connectivity index (χ4n) is 2.44. The molecule has 1 atom stereocenters. The van der Waals surface area contributed by atoms with Crippen molar-refractivity contribution >= 4 is 5.91 Å². The maximum absolute atomic E-state index is 12.5. The van der Waals surface area contributed by atoms with Gasteiger partial charge in [-0.3, -0.25) is 9.78 Å². The van der Waals surface area contributed by atoms with Gasteiger partial charge in [-0.25, -0.2) is 4.98 Å². The van der Waals surface area contributed by atoms with Gasteiger partial charge in [-0.2, -0.15) is 0 Å². The summed E-state index contributed by atoms with van der Waals surface area (Å²) in [6.07, 6.45) is 8.28. The molecule has 6 heteroatoms. The van der Waals surface area contributed by atoms with E-state index in [2.05, 4.69) is 9.97 Å². The summed E-state index contributed by atoms with van der Waals surface area (Å²) in [6.45, 7) is 1.83. The Kier molecular flexibility index (Phi) is 4.25. The minimum atomic E-state index is -0.167. The Balaban J connectivity index is 1.75. The molecule has 3 heterocycles. The molecule has 6 nitrogen and oxygen atoms in total. The highest BCUT2D eigenvalue weighted by Crippen LogP contribution is 2.17. The first-order valence-electron chi connectivity index (χ1n) is 7.01. The van der Waals surface area contributed by atoms with Crippen LogP contribution in [0.3, 0.4) is 0 Å². The van der Waals surface area contributed by atoms with Crippen molar-refractivity contribution in [3.63, 3.8) is 0 Å². The van der Waals surface area contributed by atoms with Crippen molar-refractivity contribution in [2.45, 2.75) is 25.5 Å². The summed E-state index contributed by atoms with van der Waals surface area (Å²) < 4.78 is 10.8. The van der Waals surface area contributed by atoms with Crippen LogP contribution in [0, 0.1) is 0 Å². The highest BCUT2D eigenvalue weighted by molar-refractivity contribution is 5.91. The first-order chi connectivity index (χ1) is 10.3. The zero-order valence-corrected chi connectivity index (χ0v) is 11.6. The molecule has 1 fully saturated rings. The van der Waals surface area contributed by atoms with Crippen LogP contribution in [0.5, 0.6) is 0 Å². The van der Waals surface area contributed by atoms with Crippen molar-refractivity contribution in [1.82, 2.24) is 14.9 Å². The molecule has 1 aliphatic heterocycles. The Bertz CT molecular complexity index is 565. The number of oxazole rings is 1. The van der Waals surface area contributed by atoms with Crippen LogP contribution < -0.4 is 0 Å². The molecule has 1 saturated heterocycles. The average Bonchev–Trinajstić information content (AvgIpc) is 3.20. The molecule has 110 valence electrons. The van der Waals surface area contributed by atoms with Crippen LogP contribution in [0.15, 0.2) is 41.5 Å². The molecular weight excluding hydrogens is 270 g/mol. The molecule has 2 aromatic rings. The number of aromatic nitrogens is 2. The lowest BCUT2D eigenvalue weighted by Crippen LogP contribution is -2.36. The molecule has 0 aliphatic carbocycles. The third-order valence-electron chi connectivity index (χ3n) is 3.50. The lowest BCUT2D eigenvalue weighted by molar-refractivity contribution is 0.0484. The number of nitrogens with zero attached hydrogens (tertiary/aromatic N) is 3. The van der Waals surface area contributed by atoms with Crippen LogP contribution >= 0.6 is 0 Å². The van der Waals surface area contributed by atoms with Gasteiger partial charge in [0.1, 0.15) is 0 Å². The van der Waals surface area contributed by atoms with Gasteiger partial charge in [0.05, 0.1) is 12.3 Å². The highest BCUT2D eigenvalue weighted by Gasteiger charge is 2.25. The standard InChI is InChI=1S/C15H17N3O3/c19-15(14-8-17-11-21-14)18(10-13-2-1-7-20-13)9-12-3-5-16-6-4-12/h3-6,8,11,13H,1-2,7,9-10H2/t13-/m0/s1. The van der Waals surface area contributed by atoms with Crippen LogP contribution in [0.4, 0.5) is 0 Å². The third-order valence-corrected chi connectivity index (χ3v) is 3.50. The summed E-state index contributed by atoms with van der Waals surface area (Å²) in [5.74, 6) is 0.0851. The summed E-state index contributed by atoms with van der Waals surface area (Å²) in [6, 6.07) is 3.80. The Morgan fingerprint density at radius 3 is 2.86 bits per heavy atom. The number of ether oxygens (including phenoxy) is 1. The normalized spacial score (nSPS) is 17.8. The van der Waals surface area contributed by atoms with E-state index in [1.807, 2.05) is 12.1 Å². The number of amides is 1. The second kappa shape index (κ2) is 6.49. The molecule has 21 heavy (non-hydrogen) atoms. The fourth-order valence-corrected chi connectivity index (χ4v) is 2.44. The van der Waals surface area contributed by atoms with E-state index in [0.717, 1.165) is 25.0 Å². The lowest BCUT2D eigenvalue weighted by Gasteiger charge is -2.24. The van der Waals surface area contributed by atoms with Crippen molar-refractivity contribution in [3.8, 4) is 0 Å². The predicted molar refractivity (Wildman–Crippen MR) is 74.5 cm³/mol. The first-order valence-corrected chi connectivity index (χ1v) is 7.01. The molecule has 0 spiro atoms. The SMILES string of the molecule is O=C(c1cnco1)N(Cc1ccncc1)C[C@@H]1CCCO1. The van der Waals surface area contributed by atoms with E-state index < -0.39 is 0 Å². The Hall–Kier alpha value is -2.21. The van der Waals surface area contributed by atoms with E-state index in [1.165, 1.54) is 12.6 Å². The van der Waals surface area contributed by atoms with Crippen LogP contribution in [0.1, 0.15) is 29.0 Å². The summed E-state index contributed by atoms with van der Waals surface area (Å²) in [5, 5.41) is 0. The first kappa shape index (κ1) is 13.8. The summed E-state index contributed by atoms with van der Waals surface area (Å²) >= 11 is 0. The molecule has 0 aromatic carbocycles. The van der Waals surface area contributed by atoms with E-state index in [9.17, 15) is 4.79 Å². The van der Waals surface area contributed by atoms with Crippen LogP contribution in [-0.2, 0) is 11.3 Å². The molecule has 0 N–H and O–H groups in total. The minimum Gasteiger partial charge on any atom is -0.438 e. The largest absolute Gasteiger partial charge is 0.438 e. The van der Waals surface area contributed by atoms with Crippen molar-refractivity contribution in [3.05, 3.63) is 48.4 Å². The van der Waals surface area contributed by atoms with Gasteiger partial charge >= 0.3 is 0 Å². The molecule has 2 aromatic heterocycles. The highest BCUT2D eigenvalue weighted by atomic mass is 16.5. The maximum Gasteiger partial charge on any atom is 0.291 e. The monoisotopic (exact) mass is 287 g/mol. The zero-order chi connectivity index (χ0) is 14.5. The van der Waals surface area contributed by atoms with Crippen molar-refractivity contribution < 1.29 is 13.9 Å². The molecule has 0 bridgehead atoms. The molecule has 0 radical (unpaired) electrons. The number of hydrogen-bond acceptors (Lipinski definition) is 5. The number of carbonyl (C=O) groups excluding carboxylic acids is 1. The number of carbonyl (C=O) groups is 1. The van der Waals surface area contributed by atoms with Gasteiger partial charge in [0, 0.05) is 32.1 Å². The molecule has 0 saturated carbocycles. The Labute approximate surface area is 122 Å². The van der Waals surface area contributed by atoms with E-state index in [1.54, 1.807) is 17.3 Å². The molecule has 1 aliphatic rings. The van der Waals surface area contributed by atoms with Gasteiger partial charge in [-0.05, 0) is 30.5 Å². The van der Waals surface area contributed by atoms with Crippen LogP contribution in [-0.4, -0.2) is 40.0 Å². The molecular formula is C15H17N3O3. The van der Waals surface area contributed by atoms with Gasteiger partial charge < -0.3 is 14.1 Å². The fraction of sp³-hybridized carbons (Fsp3) is 0.400. The second-order valence-corrected chi connectivity index (χ2v) is 5.04. The van der Waals surface area contributed by atoms with E-state index >= 15 is 0 Å². The van der Waals surface area contributed by atoms with E-state index in [4.69, 9.17) is 9.15 Å². The lowest BCUT2D eigenvalue weighted by atomic mass is 10.2. The Morgan fingerprint density at radius 1 is 1.33 bits per heavy atom. The zero-order valence-electron chi connectivity index (χ0n) is 11.6. The summed E-state index contributed by atoms with van der Waals surface area (Å²) in [5.41, 5.74) is 1.02. The van der Waals surface area contributed by atoms with E-state index in [0.29, 0.717) is 13.1 Å². The van der Waals surface area contributed by atoms with Crippen molar-refractivity contribution in [1.29, 1.82) is 0 Å². The number of pyridine rings is 1. The molecule has 0 unspecified atom stereocenters.